The minimum absolute atomic E-state index is 0.0570. The third-order valence-corrected chi connectivity index (χ3v) is 5.76. The number of halogens is 1. The Hall–Kier alpha value is -4.27. The van der Waals surface area contributed by atoms with Crippen LogP contribution < -0.4 is 16.6 Å². The molecule has 2 aromatic carbocycles. The van der Waals surface area contributed by atoms with Crippen molar-refractivity contribution in [1.29, 1.82) is 0 Å². The van der Waals surface area contributed by atoms with Crippen molar-refractivity contribution < 1.29 is 4.39 Å². The molecule has 33 heavy (non-hydrogen) atoms. The number of pyridine rings is 1. The van der Waals surface area contributed by atoms with Gasteiger partial charge >= 0.3 is 0 Å². The number of imidazole rings is 1. The molecule has 0 aliphatic heterocycles. The first-order valence-corrected chi connectivity index (χ1v) is 10.6. The highest BCUT2D eigenvalue weighted by Gasteiger charge is 2.22. The van der Waals surface area contributed by atoms with Gasteiger partial charge in [-0.3, -0.25) is 9.36 Å². The molecule has 1 atom stereocenters. The minimum atomic E-state index is -0.546. The number of hydrogen-bond acceptors (Lipinski definition) is 6. The Morgan fingerprint density at radius 1 is 1.18 bits per heavy atom. The molecule has 0 aliphatic carbocycles. The lowest BCUT2D eigenvalue weighted by atomic mass is 10.0. The second-order valence-corrected chi connectivity index (χ2v) is 7.84. The Labute approximate surface area is 188 Å². The summed E-state index contributed by atoms with van der Waals surface area (Å²) in [4.78, 5) is 29.3. The zero-order valence-electron chi connectivity index (χ0n) is 18.1. The topological polar surface area (TPSA) is 115 Å². The van der Waals surface area contributed by atoms with Gasteiger partial charge in [0.15, 0.2) is 11.5 Å². The van der Waals surface area contributed by atoms with Crippen molar-refractivity contribution in [2.75, 3.05) is 11.1 Å². The lowest BCUT2D eigenvalue weighted by Crippen LogP contribution is -2.27. The lowest BCUT2D eigenvalue weighted by molar-refractivity contribution is 0.635. The van der Waals surface area contributed by atoms with Crippen LogP contribution in [0.5, 0.6) is 0 Å². The summed E-state index contributed by atoms with van der Waals surface area (Å²) < 4.78 is 16.3. The van der Waals surface area contributed by atoms with E-state index < -0.39 is 11.4 Å². The molecule has 0 bridgehead atoms. The van der Waals surface area contributed by atoms with Gasteiger partial charge < -0.3 is 16.0 Å². The quantitative estimate of drug-likeness (QED) is 0.374. The predicted octanol–water partition coefficient (Wildman–Crippen LogP) is 4.25. The first-order chi connectivity index (χ1) is 16.0. The van der Waals surface area contributed by atoms with Crippen molar-refractivity contribution in [3.63, 3.8) is 0 Å². The van der Waals surface area contributed by atoms with E-state index in [9.17, 15) is 9.18 Å². The number of hydrogen-bond donors (Lipinski definition) is 3. The van der Waals surface area contributed by atoms with Crippen LogP contribution in [-0.4, -0.2) is 24.5 Å². The smallest absolute Gasteiger partial charge is 0.266 e. The number of nitrogens with zero attached hydrogens (tertiary/aromatic N) is 4. The average molecular weight is 443 g/mol. The Morgan fingerprint density at radius 2 is 2.00 bits per heavy atom. The fourth-order valence-corrected chi connectivity index (χ4v) is 4.16. The SMILES string of the molecule is CC[C@@H](Nc1nc(N)nc2nc[nH]c12)c1cc2cccc(F)c2c(=O)n1-c1ccccc1C. The monoisotopic (exact) mass is 443 g/mol. The Balaban J connectivity index is 1.77. The number of H-pyrrole nitrogens is 1. The molecular weight excluding hydrogens is 421 g/mol. The van der Waals surface area contributed by atoms with E-state index in [0.29, 0.717) is 40.2 Å². The van der Waals surface area contributed by atoms with Crippen LogP contribution in [0.25, 0.3) is 27.6 Å². The average Bonchev–Trinajstić information content (AvgIpc) is 3.26. The molecule has 166 valence electrons. The van der Waals surface area contributed by atoms with Gasteiger partial charge in [0.1, 0.15) is 11.3 Å². The second-order valence-electron chi connectivity index (χ2n) is 7.84. The summed E-state index contributed by atoms with van der Waals surface area (Å²) in [6.07, 6.45) is 2.14. The van der Waals surface area contributed by atoms with Gasteiger partial charge in [0, 0.05) is 5.69 Å². The molecule has 0 saturated carbocycles. The lowest BCUT2D eigenvalue weighted by Gasteiger charge is -2.24. The largest absolute Gasteiger partial charge is 0.368 e. The van der Waals surface area contributed by atoms with Crippen LogP contribution in [0.1, 0.15) is 30.6 Å². The van der Waals surface area contributed by atoms with Gasteiger partial charge in [0.2, 0.25) is 5.95 Å². The summed E-state index contributed by atoms with van der Waals surface area (Å²) in [6.45, 7) is 3.92. The van der Waals surface area contributed by atoms with Crippen molar-refractivity contribution in [1.82, 2.24) is 24.5 Å². The van der Waals surface area contributed by atoms with Gasteiger partial charge in [-0.25, -0.2) is 9.37 Å². The molecule has 0 fully saturated rings. The van der Waals surface area contributed by atoms with E-state index in [1.54, 1.807) is 16.7 Å². The van der Waals surface area contributed by atoms with E-state index in [1.807, 2.05) is 44.2 Å². The molecule has 9 heteroatoms. The van der Waals surface area contributed by atoms with Crippen LogP contribution >= 0.6 is 0 Å². The van der Waals surface area contributed by atoms with Crippen LogP contribution in [0.4, 0.5) is 16.2 Å². The predicted molar refractivity (Wildman–Crippen MR) is 127 cm³/mol. The number of benzene rings is 2. The third-order valence-electron chi connectivity index (χ3n) is 5.76. The van der Waals surface area contributed by atoms with Crippen LogP contribution in [0.2, 0.25) is 0 Å². The molecule has 5 rings (SSSR count). The first-order valence-electron chi connectivity index (χ1n) is 10.6. The summed E-state index contributed by atoms with van der Waals surface area (Å²) in [5, 5.41) is 3.99. The first kappa shape index (κ1) is 20.6. The number of anilines is 2. The minimum Gasteiger partial charge on any atom is -0.368 e. The molecule has 0 spiro atoms. The standard InChI is InChI=1S/C24H22FN7O/c1-3-16(29-22-20-21(28-12-27-20)30-24(26)31-22)18-11-14-8-6-9-15(25)19(14)23(33)32(18)17-10-5-4-7-13(17)2/h4-12,16H,3H2,1-2H3,(H4,26,27,28,29,30,31)/t16-/m1/s1. The summed E-state index contributed by atoms with van der Waals surface area (Å²) >= 11 is 0. The Bertz CT molecular complexity index is 1560. The van der Waals surface area contributed by atoms with Crippen LogP contribution in [-0.2, 0) is 0 Å². The number of nitrogen functional groups attached to an aromatic ring is 1. The number of para-hydroxylation sites is 1. The summed E-state index contributed by atoms with van der Waals surface area (Å²) in [6, 6.07) is 13.7. The van der Waals surface area contributed by atoms with Crippen LogP contribution in [0.3, 0.4) is 0 Å². The van der Waals surface area contributed by atoms with Gasteiger partial charge in [-0.15, -0.1) is 0 Å². The van der Waals surface area contributed by atoms with E-state index >= 15 is 0 Å². The van der Waals surface area contributed by atoms with Crippen LogP contribution in [0, 0.1) is 12.7 Å². The number of aromatic amines is 1. The fraction of sp³-hybridized carbons (Fsp3) is 0.167. The van der Waals surface area contributed by atoms with Crippen molar-refractivity contribution in [2.24, 2.45) is 0 Å². The number of nitrogens with one attached hydrogen (secondary N) is 2. The van der Waals surface area contributed by atoms with E-state index in [4.69, 9.17) is 5.73 Å². The molecule has 0 saturated heterocycles. The highest BCUT2D eigenvalue weighted by molar-refractivity contribution is 5.85. The molecule has 0 radical (unpaired) electrons. The molecular formula is C24H22FN7O. The fourth-order valence-electron chi connectivity index (χ4n) is 4.16. The van der Waals surface area contributed by atoms with E-state index in [-0.39, 0.29) is 17.4 Å². The maximum absolute atomic E-state index is 14.7. The van der Waals surface area contributed by atoms with Gasteiger partial charge in [0.25, 0.3) is 5.56 Å². The zero-order valence-corrected chi connectivity index (χ0v) is 18.1. The van der Waals surface area contributed by atoms with Gasteiger partial charge in [-0.1, -0.05) is 37.3 Å². The summed E-state index contributed by atoms with van der Waals surface area (Å²) in [5.74, 6) is 0.0175. The number of nitrogens with two attached hydrogens (primary N) is 1. The molecule has 0 unspecified atom stereocenters. The zero-order chi connectivity index (χ0) is 23.1. The molecule has 0 amide bonds. The van der Waals surface area contributed by atoms with Crippen molar-refractivity contribution in [2.45, 2.75) is 26.3 Å². The van der Waals surface area contributed by atoms with Gasteiger partial charge in [-0.2, -0.15) is 9.97 Å². The third kappa shape index (κ3) is 3.47. The van der Waals surface area contributed by atoms with Crippen molar-refractivity contribution in [3.05, 3.63) is 82.3 Å². The molecule has 4 N–H and O–H groups in total. The molecule has 5 aromatic rings. The molecule has 8 nitrogen and oxygen atoms in total. The number of rotatable bonds is 5. The highest BCUT2D eigenvalue weighted by atomic mass is 19.1. The molecule has 3 heterocycles. The summed E-state index contributed by atoms with van der Waals surface area (Å²) in [5.41, 5.74) is 8.79. The number of fused-ring (bicyclic) bond motifs is 2. The van der Waals surface area contributed by atoms with Crippen molar-refractivity contribution in [3.8, 4) is 5.69 Å². The highest BCUT2D eigenvalue weighted by Crippen LogP contribution is 2.29. The van der Waals surface area contributed by atoms with Gasteiger partial charge in [0.05, 0.1) is 23.4 Å². The van der Waals surface area contributed by atoms with E-state index in [1.165, 1.54) is 12.4 Å². The Kier molecular flexibility index (Phi) is 5.01. The van der Waals surface area contributed by atoms with E-state index in [2.05, 4.69) is 25.3 Å². The van der Waals surface area contributed by atoms with Gasteiger partial charge in [-0.05, 0) is 42.5 Å². The van der Waals surface area contributed by atoms with E-state index in [0.717, 1.165) is 5.56 Å². The van der Waals surface area contributed by atoms with Crippen molar-refractivity contribution >= 4 is 33.7 Å². The maximum atomic E-state index is 14.7. The normalized spacial score (nSPS) is 12.3. The molecule has 3 aromatic heterocycles. The Morgan fingerprint density at radius 3 is 2.79 bits per heavy atom. The second kappa shape index (κ2) is 8.01. The summed E-state index contributed by atoms with van der Waals surface area (Å²) in [7, 11) is 0. The number of aryl methyl sites for hydroxylation is 1. The maximum Gasteiger partial charge on any atom is 0.266 e. The molecule has 0 aliphatic rings. The number of aromatic nitrogens is 5. The van der Waals surface area contributed by atoms with Crippen LogP contribution in [0.15, 0.2) is 59.7 Å².